The maximum absolute atomic E-state index is 6.18. The van der Waals surface area contributed by atoms with Gasteiger partial charge in [-0.15, -0.1) is 0 Å². The molecule has 1 aliphatic carbocycles. The Bertz CT molecular complexity index is 865. The molecule has 2 heterocycles. The fraction of sp³-hybridized carbons (Fsp3) is 0.222. The Hall–Kier alpha value is -1.93. The molecule has 0 fully saturated rings. The Balaban J connectivity index is 1.69. The van der Waals surface area contributed by atoms with Crippen molar-refractivity contribution in [3.63, 3.8) is 0 Å². The van der Waals surface area contributed by atoms with Crippen LogP contribution < -0.4 is 5.32 Å². The second kappa shape index (κ2) is 4.05. The summed E-state index contributed by atoms with van der Waals surface area (Å²) in [6.07, 6.45) is 2.31. The summed E-state index contributed by atoms with van der Waals surface area (Å²) in [5.41, 5.74) is 6.70. The van der Waals surface area contributed by atoms with Gasteiger partial charge in [0.25, 0.3) is 0 Å². The first-order valence-electron chi connectivity index (χ1n) is 7.47. The normalized spacial score (nSPS) is 22.5. The zero-order chi connectivity index (χ0) is 14.0. The fourth-order valence-corrected chi connectivity index (χ4v) is 4.25. The van der Waals surface area contributed by atoms with Gasteiger partial charge in [-0.2, -0.15) is 0 Å². The van der Waals surface area contributed by atoms with Crippen molar-refractivity contribution >= 4 is 28.2 Å². The fourth-order valence-electron chi connectivity index (χ4n) is 4.07. The van der Waals surface area contributed by atoms with Gasteiger partial charge in [-0.1, -0.05) is 29.8 Å². The number of hydrogen-bond donors (Lipinski definition) is 2. The van der Waals surface area contributed by atoms with Gasteiger partial charge in [0.1, 0.15) is 0 Å². The molecule has 1 aromatic heterocycles. The molecule has 0 unspecified atom stereocenters. The molecule has 2 atom stereocenters. The zero-order valence-electron chi connectivity index (χ0n) is 11.5. The highest BCUT2D eigenvalue weighted by Crippen LogP contribution is 2.51. The molecule has 0 spiro atoms. The quantitative estimate of drug-likeness (QED) is 0.599. The van der Waals surface area contributed by atoms with Crippen molar-refractivity contribution < 1.29 is 0 Å². The highest BCUT2D eigenvalue weighted by atomic mass is 35.5. The molecule has 3 aromatic rings. The van der Waals surface area contributed by atoms with E-state index in [1.54, 1.807) is 0 Å². The third-order valence-electron chi connectivity index (χ3n) is 4.99. The molecule has 2 aromatic carbocycles. The molecule has 3 heteroatoms. The number of hydrogen-bond acceptors (Lipinski definition) is 1. The topological polar surface area (TPSA) is 27.8 Å². The van der Waals surface area contributed by atoms with Crippen molar-refractivity contribution in [1.29, 1.82) is 0 Å². The van der Waals surface area contributed by atoms with Crippen LogP contribution in [-0.4, -0.2) is 4.98 Å². The van der Waals surface area contributed by atoms with Crippen LogP contribution in [0.15, 0.2) is 42.5 Å². The minimum absolute atomic E-state index is 0.356. The summed E-state index contributed by atoms with van der Waals surface area (Å²) in [5, 5.41) is 5.90. The molecule has 0 amide bonds. The summed E-state index contributed by atoms with van der Waals surface area (Å²) in [6.45, 7) is 0. The van der Waals surface area contributed by atoms with E-state index in [2.05, 4.69) is 46.7 Å². The van der Waals surface area contributed by atoms with E-state index in [-0.39, 0.29) is 0 Å². The Labute approximate surface area is 128 Å². The van der Waals surface area contributed by atoms with E-state index in [9.17, 15) is 0 Å². The van der Waals surface area contributed by atoms with Gasteiger partial charge >= 0.3 is 0 Å². The summed E-state index contributed by atoms with van der Waals surface area (Å²) < 4.78 is 0. The Morgan fingerprint density at radius 1 is 1.10 bits per heavy atom. The van der Waals surface area contributed by atoms with Crippen LogP contribution in [0.25, 0.3) is 10.9 Å². The molecule has 0 saturated heterocycles. The highest BCUT2D eigenvalue weighted by Gasteiger charge is 2.38. The molecular formula is C18H15ClN2. The van der Waals surface area contributed by atoms with Crippen molar-refractivity contribution in [2.24, 2.45) is 0 Å². The van der Waals surface area contributed by atoms with Gasteiger partial charge in [-0.3, -0.25) is 0 Å². The number of nitrogens with one attached hydrogen (secondary N) is 2. The van der Waals surface area contributed by atoms with Crippen LogP contribution in [0.1, 0.15) is 35.2 Å². The number of anilines is 1. The average molecular weight is 295 g/mol. The van der Waals surface area contributed by atoms with Gasteiger partial charge in [0.2, 0.25) is 0 Å². The molecule has 2 aliphatic rings. The monoisotopic (exact) mass is 294 g/mol. The van der Waals surface area contributed by atoms with Crippen LogP contribution in [0, 0.1) is 0 Å². The highest BCUT2D eigenvalue weighted by molar-refractivity contribution is 6.30. The predicted octanol–water partition coefficient (Wildman–Crippen LogP) is 5.02. The number of H-pyrrole nitrogens is 1. The predicted molar refractivity (Wildman–Crippen MR) is 87.2 cm³/mol. The van der Waals surface area contributed by atoms with Crippen molar-refractivity contribution in [3.8, 4) is 0 Å². The molecule has 0 bridgehead atoms. The standard InChI is InChI=1S/C18H15ClN2/c19-10-5-8-16-14(9-10)13-7-6-12-11-3-1-2-4-15(11)20-17(12)18(13)21-16/h1-5,8-9,13,18,20-21H,6-7H2/t13-,18+/m0/s1. The van der Waals surface area contributed by atoms with E-state index >= 15 is 0 Å². The maximum atomic E-state index is 6.18. The summed E-state index contributed by atoms with van der Waals surface area (Å²) in [7, 11) is 0. The van der Waals surface area contributed by atoms with Crippen LogP contribution in [-0.2, 0) is 6.42 Å². The van der Waals surface area contributed by atoms with E-state index in [1.807, 2.05) is 6.07 Å². The number of aromatic amines is 1. The van der Waals surface area contributed by atoms with Crippen molar-refractivity contribution in [2.45, 2.75) is 24.8 Å². The summed E-state index contributed by atoms with van der Waals surface area (Å²) in [5.74, 6) is 0.527. The second-order valence-corrected chi connectivity index (χ2v) is 6.50. The van der Waals surface area contributed by atoms with Crippen LogP contribution in [0.3, 0.4) is 0 Å². The molecule has 104 valence electrons. The third kappa shape index (κ3) is 1.54. The molecule has 0 saturated carbocycles. The number of fused-ring (bicyclic) bond motifs is 7. The smallest absolute Gasteiger partial charge is 0.0735 e. The summed E-state index contributed by atoms with van der Waals surface area (Å²) in [6, 6.07) is 15.2. The minimum atomic E-state index is 0.356. The van der Waals surface area contributed by atoms with E-state index in [1.165, 1.54) is 39.8 Å². The third-order valence-corrected chi connectivity index (χ3v) is 5.22. The molecule has 2 N–H and O–H groups in total. The van der Waals surface area contributed by atoms with Gasteiger partial charge in [0, 0.05) is 33.2 Å². The molecular weight excluding hydrogens is 280 g/mol. The van der Waals surface area contributed by atoms with E-state index in [0.29, 0.717) is 12.0 Å². The first-order valence-corrected chi connectivity index (χ1v) is 7.84. The molecule has 21 heavy (non-hydrogen) atoms. The summed E-state index contributed by atoms with van der Waals surface area (Å²) >= 11 is 6.18. The van der Waals surface area contributed by atoms with Gasteiger partial charge in [-0.25, -0.2) is 0 Å². The lowest BCUT2D eigenvalue weighted by atomic mass is 9.81. The maximum Gasteiger partial charge on any atom is 0.0735 e. The number of aromatic nitrogens is 1. The minimum Gasteiger partial charge on any atom is -0.376 e. The first-order chi connectivity index (χ1) is 10.3. The lowest BCUT2D eigenvalue weighted by Gasteiger charge is -2.26. The summed E-state index contributed by atoms with van der Waals surface area (Å²) in [4.78, 5) is 3.64. The Kier molecular flexibility index (Phi) is 2.25. The van der Waals surface area contributed by atoms with Gasteiger partial charge in [0.15, 0.2) is 0 Å². The van der Waals surface area contributed by atoms with E-state index in [4.69, 9.17) is 11.6 Å². The van der Waals surface area contributed by atoms with Gasteiger partial charge < -0.3 is 10.3 Å². The Morgan fingerprint density at radius 2 is 2.00 bits per heavy atom. The largest absolute Gasteiger partial charge is 0.376 e. The first kappa shape index (κ1) is 11.7. The molecule has 5 rings (SSSR count). The average Bonchev–Trinajstić information content (AvgIpc) is 3.05. The SMILES string of the molecule is Clc1ccc2c(c1)[C@@H]1CCc3c([nH]c4ccccc34)[C@@H]1N2. The Morgan fingerprint density at radius 3 is 2.95 bits per heavy atom. The number of benzene rings is 2. The molecule has 1 aliphatic heterocycles. The van der Waals surface area contributed by atoms with E-state index in [0.717, 1.165) is 11.4 Å². The van der Waals surface area contributed by atoms with Gasteiger partial charge in [-0.05, 0) is 48.2 Å². The molecule has 0 radical (unpaired) electrons. The van der Waals surface area contributed by atoms with Crippen LogP contribution in [0.5, 0.6) is 0 Å². The van der Waals surface area contributed by atoms with Crippen LogP contribution in [0.2, 0.25) is 5.02 Å². The number of aryl methyl sites for hydroxylation is 1. The van der Waals surface area contributed by atoms with Crippen molar-refractivity contribution in [3.05, 3.63) is 64.3 Å². The molecule has 2 nitrogen and oxygen atoms in total. The van der Waals surface area contributed by atoms with Crippen molar-refractivity contribution in [1.82, 2.24) is 4.98 Å². The number of rotatable bonds is 0. The second-order valence-electron chi connectivity index (χ2n) is 6.06. The van der Waals surface area contributed by atoms with Crippen LogP contribution in [0.4, 0.5) is 5.69 Å². The number of para-hydroxylation sites is 1. The van der Waals surface area contributed by atoms with E-state index < -0.39 is 0 Å². The zero-order valence-corrected chi connectivity index (χ0v) is 12.2. The van der Waals surface area contributed by atoms with Crippen molar-refractivity contribution in [2.75, 3.05) is 5.32 Å². The van der Waals surface area contributed by atoms with Crippen LogP contribution >= 0.6 is 11.6 Å². The lowest BCUT2D eigenvalue weighted by molar-refractivity contribution is 0.530. The van der Waals surface area contributed by atoms with Gasteiger partial charge in [0.05, 0.1) is 6.04 Å². The lowest BCUT2D eigenvalue weighted by Crippen LogP contribution is -2.19. The number of halogens is 1.